The van der Waals surface area contributed by atoms with Crippen LogP contribution in [-0.2, 0) is 4.79 Å². The van der Waals surface area contributed by atoms with Crippen molar-refractivity contribution >= 4 is 29.0 Å². The van der Waals surface area contributed by atoms with Crippen LogP contribution in [0.4, 0.5) is 0 Å². The molecule has 3 nitrogen and oxygen atoms in total. The Labute approximate surface area is 135 Å². The van der Waals surface area contributed by atoms with E-state index in [2.05, 4.69) is 40.2 Å². The summed E-state index contributed by atoms with van der Waals surface area (Å²) in [6, 6.07) is 2.48. The standard InChI is InChI=1S/C16H24N2OS2/c1-3-13(11-20-2)18-14(12-6-9-21-10-12)17-16(15(18)19)7-4-5-8-16/h6,9-10,13-14,17H,3-5,7-8,11H2,1-2H3. The molecule has 2 heterocycles. The number of hydrogen-bond acceptors (Lipinski definition) is 4. The van der Waals surface area contributed by atoms with Crippen LogP contribution in [0.1, 0.15) is 50.8 Å². The Morgan fingerprint density at radius 1 is 1.52 bits per heavy atom. The van der Waals surface area contributed by atoms with Crippen LogP contribution in [0.15, 0.2) is 16.8 Å². The first-order chi connectivity index (χ1) is 10.2. The van der Waals surface area contributed by atoms with Crippen molar-refractivity contribution in [2.45, 2.75) is 56.8 Å². The van der Waals surface area contributed by atoms with Gasteiger partial charge in [-0.05, 0) is 47.9 Å². The van der Waals surface area contributed by atoms with Gasteiger partial charge in [0, 0.05) is 11.8 Å². The first-order valence-corrected chi connectivity index (χ1v) is 10.2. The quantitative estimate of drug-likeness (QED) is 0.897. The Morgan fingerprint density at radius 2 is 2.29 bits per heavy atom. The highest BCUT2D eigenvalue weighted by Crippen LogP contribution is 2.42. The topological polar surface area (TPSA) is 32.3 Å². The summed E-state index contributed by atoms with van der Waals surface area (Å²) in [5.74, 6) is 1.36. The van der Waals surface area contributed by atoms with Gasteiger partial charge in [0.25, 0.3) is 0 Å². The normalized spacial score (nSPS) is 25.9. The zero-order valence-corrected chi connectivity index (χ0v) is 14.4. The highest BCUT2D eigenvalue weighted by Gasteiger charge is 2.54. The summed E-state index contributed by atoms with van der Waals surface area (Å²) < 4.78 is 0. The van der Waals surface area contributed by atoms with Gasteiger partial charge in [0.2, 0.25) is 5.91 Å². The Kier molecular flexibility index (Phi) is 4.62. The zero-order chi connectivity index (χ0) is 14.9. The molecule has 21 heavy (non-hydrogen) atoms. The molecule has 1 aliphatic heterocycles. The number of carbonyl (C=O) groups excluding carboxylic acids is 1. The summed E-state index contributed by atoms with van der Waals surface area (Å²) in [7, 11) is 0. The van der Waals surface area contributed by atoms with E-state index in [0.29, 0.717) is 11.9 Å². The molecule has 3 rings (SSSR count). The molecule has 1 amide bonds. The maximum atomic E-state index is 13.2. The van der Waals surface area contributed by atoms with Gasteiger partial charge in [-0.25, -0.2) is 0 Å². The number of nitrogens with one attached hydrogen (secondary N) is 1. The maximum Gasteiger partial charge on any atom is 0.244 e. The molecule has 1 aliphatic carbocycles. The predicted octanol–water partition coefficient (Wildman–Crippen LogP) is 3.63. The third-order valence-electron chi connectivity index (χ3n) is 4.87. The van der Waals surface area contributed by atoms with Crippen molar-refractivity contribution in [3.05, 3.63) is 22.4 Å². The van der Waals surface area contributed by atoms with E-state index in [0.717, 1.165) is 25.0 Å². The van der Waals surface area contributed by atoms with Crippen molar-refractivity contribution in [3.63, 3.8) is 0 Å². The van der Waals surface area contributed by atoms with Crippen molar-refractivity contribution < 1.29 is 4.79 Å². The molecule has 5 heteroatoms. The van der Waals surface area contributed by atoms with E-state index < -0.39 is 0 Å². The molecule has 116 valence electrons. The van der Waals surface area contributed by atoms with E-state index in [4.69, 9.17) is 0 Å². The van der Waals surface area contributed by atoms with E-state index in [-0.39, 0.29) is 11.7 Å². The first kappa shape index (κ1) is 15.4. The molecule has 1 aromatic heterocycles. The minimum atomic E-state index is -0.279. The van der Waals surface area contributed by atoms with E-state index in [1.54, 1.807) is 11.3 Å². The van der Waals surface area contributed by atoms with Crippen molar-refractivity contribution in [1.82, 2.24) is 10.2 Å². The summed E-state index contributed by atoms with van der Waals surface area (Å²) in [5, 5.41) is 8.00. The number of amides is 1. The SMILES string of the molecule is CCC(CSC)N1C(=O)C2(CCCC2)NC1c1ccsc1. The van der Waals surface area contributed by atoms with Gasteiger partial charge >= 0.3 is 0 Å². The van der Waals surface area contributed by atoms with Gasteiger partial charge < -0.3 is 4.90 Å². The van der Waals surface area contributed by atoms with Gasteiger partial charge in [-0.1, -0.05) is 19.8 Å². The molecule has 2 unspecified atom stereocenters. The van der Waals surface area contributed by atoms with Gasteiger partial charge in [0.1, 0.15) is 6.17 Å². The van der Waals surface area contributed by atoms with E-state index in [1.807, 2.05) is 11.8 Å². The fourth-order valence-corrected chi connectivity index (χ4v) is 5.19. The minimum absolute atomic E-state index is 0.0685. The second-order valence-electron chi connectivity index (χ2n) is 6.12. The average molecular weight is 325 g/mol. The van der Waals surface area contributed by atoms with Gasteiger partial charge in [-0.3, -0.25) is 10.1 Å². The maximum absolute atomic E-state index is 13.2. The molecule has 2 aliphatic rings. The molecule has 2 atom stereocenters. The van der Waals surface area contributed by atoms with Crippen LogP contribution >= 0.6 is 23.1 Å². The number of nitrogens with zero attached hydrogens (tertiary/aromatic N) is 1. The highest BCUT2D eigenvalue weighted by atomic mass is 32.2. The van der Waals surface area contributed by atoms with Gasteiger partial charge in [-0.2, -0.15) is 23.1 Å². The lowest BCUT2D eigenvalue weighted by Crippen LogP contribution is -2.46. The van der Waals surface area contributed by atoms with Crippen LogP contribution < -0.4 is 5.32 Å². The monoisotopic (exact) mass is 324 g/mol. The summed E-state index contributed by atoms with van der Waals surface area (Å²) in [6.07, 6.45) is 7.55. The lowest BCUT2D eigenvalue weighted by Gasteiger charge is -2.31. The van der Waals surface area contributed by atoms with Crippen molar-refractivity contribution in [2.24, 2.45) is 0 Å². The minimum Gasteiger partial charge on any atom is -0.317 e. The van der Waals surface area contributed by atoms with Gasteiger partial charge in [-0.15, -0.1) is 0 Å². The molecule has 1 saturated carbocycles. The third kappa shape index (κ3) is 2.64. The lowest BCUT2D eigenvalue weighted by atomic mass is 9.97. The molecule has 0 bridgehead atoms. The Bertz CT molecular complexity index is 482. The van der Waals surface area contributed by atoms with E-state index in [1.165, 1.54) is 18.4 Å². The summed E-state index contributed by atoms with van der Waals surface area (Å²) in [4.78, 5) is 15.3. The van der Waals surface area contributed by atoms with Crippen molar-refractivity contribution in [2.75, 3.05) is 12.0 Å². The van der Waals surface area contributed by atoms with Crippen LogP contribution in [0.3, 0.4) is 0 Å². The molecule has 2 fully saturated rings. The fraction of sp³-hybridized carbons (Fsp3) is 0.688. The molecule has 0 aromatic carbocycles. The fourth-order valence-electron chi connectivity index (χ4n) is 3.73. The van der Waals surface area contributed by atoms with E-state index in [9.17, 15) is 4.79 Å². The number of thioether (sulfide) groups is 1. The van der Waals surface area contributed by atoms with E-state index >= 15 is 0 Å². The highest BCUT2D eigenvalue weighted by molar-refractivity contribution is 7.98. The smallest absolute Gasteiger partial charge is 0.244 e. The summed E-state index contributed by atoms with van der Waals surface area (Å²) in [5.41, 5.74) is 0.968. The van der Waals surface area contributed by atoms with Gasteiger partial charge in [0.15, 0.2) is 0 Å². The third-order valence-corrected chi connectivity index (χ3v) is 6.29. The Morgan fingerprint density at radius 3 is 2.86 bits per heavy atom. The molecule has 0 radical (unpaired) electrons. The van der Waals surface area contributed by atoms with Crippen LogP contribution in [0.25, 0.3) is 0 Å². The van der Waals surface area contributed by atoms with Crippen molar-refractivity contribution in [3.8, 4) is 0 Å². The van der Waals surface area contributed by atoms with Crippen LogP contribution in [0.5, 0.6) is 0 Å². The molecule has 1 aromatic rings. The predicted molar refractivity (Wildman–Crippen MR) is 90.7 cm³/mol. The lowest BCUT2D eigenvalue weighted by molar-refractivity contribution is -0.135. The van der Waals surface area contributed by atoms with Crippen LogP contribution in [-0.4, -0.2) is 34.4 Å². The molecule has 1 spiro atoms. The number of rotatable bonds is 5. The second kappa shape index (κ2) is 6.31. The molecule has 1 N–H and O–H groups in total. The summed E-state index contributed by atoms with van der Waals surface area (Å²) >= 11 is 3.54. The molecule has 1 saturated heterocycles. The Balaban J connectivity index is 1.94. The first-order valence-electron chi connectivity index (χ1n) is 7.83. The van der Waals surface area contributed by atoms with Crippen LogP contribution in [0.2, 0.25) is 0 Å². The largest absolute Gasteiger partial charge is 0.317 e. The Hall–Kier alpha value is -0.520. The number of hydrogen-bond donors (Lipinski definition) is 1. The summed E-state index contributed by atoms with van der Waals surface area (Å²) in [6.45, 7) is 2.19. The number of thiophene rings is 1. The molecular formula is C16H24N2OS2. The van der Waals surface area contributed by atoms with Crippen molar-refractivity contribution in [1.29, 1.82) is 0 Å². The van der Waals surface area contributed by atoms with Crippen LogP contribution in [0, 0.1) is 0 Å². The second-order valence-corrected chi connectivity index (χ2v) is 7.81. The van der Waals surface area contributed by atoms with Gasteiger partial charge in [0.05, 0.1) is 5.54 Å². The molecular weight excluding hydrogens is 300 g/mol. The average Bonchev–Trinajstić information content (AvgIpc) is 3.21. The zero-order valence-electron chi connectivity index (χ0n) is 12.8. The number of carbonyl (C=O) groups is 1.